The highest BCUT2D eigenvalue weighted by Gasteiger charge is 2.19. The first-order chi connectivity index (χ1) is 9.04. The highest BCUT2D eigenvalue weighted by atomic mass is 127. The molecule has 19 heavy (non-hydrogen) atoms. The number of hydrogen-bond donors (Lipinski definition) is 3. The van der Waals surface area contributed by atoms with Crippen molar-refractivity contribution >= 4 is 51.9 Å². The zero-order valence-corrected chi connectivity index (χ0v) is 13.7. The fraction of sp³-hybridized carbons (Fsp3) is 0.727. The van der Waals surface area contributed by atoms with Crippen LogP contribution in [0.3, 0.4) is 0 Å². The van der Waals surface area contributed by atoms with E-state index in [9.17, 15) is 14.4 Å². The van der Waals surface area contributed by atoms with Crippen LogP contribution in [0, 0.1) is 0 Å². The topological polar surface area (TPSA) is 87.3 Å². The van der Waals surface area contributed by atoms with E-state index in [0.29, 0.717) is 30.4 Å². The number of carbonyl (C=O) groups is 3. The monoisotopic (exact) mass is 403 g/mol. The molecule has 1 unspecified atom stereocenters. The summed E-state index contributed by atoms with van der Waals surface area (Å²) in [6.07, 6.45) is 1.06. The molecule has 0 saturated heterocycles. The molecule has 110 valence electrons. The number of amides is 3. The van der Waals surface area contributed by atoms with Gasteiger partial charge in [0, 0.05) is 13.1 Å². The van der Waals surface area contributed by atoms with Gasteiger partial charge in [-0.05, 0) is 19.8 Å². The maximum Gasteiger partial charge on any atom is 0.242 e. The molecule has 8 heteroatoms. The van der Waals surface area contributed by atoms with Crippen LogP contribution >= 0.6 is 34.2 Å². The van der Waals surface area contributed by atoms with Crippen molar-refractivity contribution in [3.63, 3.8) is 0 Å². The van der Waals surface area contributed by atoms with Gasteiger partial charge in [-0.25, -0.2) is 0 Å². The molecule has 0 radical (unpaired) electrons. The number of nitrogens with one attached hydrogen (secondary N) is 3. The minimum absolute atomic E-state index is 0.0417. The lowest BCUT2D eigenvalue weighted by Gasteiger charge is -2.17. The average molecular weight is 404 g/mol. The number of rotatable bonds is 9. The molecule has 0 rings (SSSR count). The zero-order valence-electron chi connectivity index (χ0n) is 10.8. The van der Waals surface area contributed by atoms with Gasteiger partial charge in [-0.3, -0.25) is 14.4 Å². The molecule has 0 aromatic carbocycles. The van der Waals surface area contributed by atoms with Gasteiger partial charge in [0.15, 0.2) is 0 Å². The van der Waals surface area contributed by atoms with E-state index < -0.39 is 6.04 Å². The van der Waals surface area contributed by atoms with Crippen molar-refractivity contribution in [2.45, 2.75) is 25.8 Å². The number of halogens is 2. The fourth-order valence-electron chi connectivity index (χ4n) is 1.38. The summed E-state index contributed by atoms with van der Waals surface area (Å²) in [5, 5.41) is 7.92. The Hall–Kier alpha value is -0.570. The second kappa shape index (κ2) is 11.3. The van der Waals surface area contributed by atoms with Crippen LogP contribution in [-0.2, 0) is 14.4 Å². The SMILES string of the molecule is CCNC(=O)C(CCCNC(=O)CI)NC(=O)CCl. The number of alkyl halides is 2. The maximum atomic E-state index is 11.7. The highest BCUT2D eigenvalue weighted by molar-refractivity contribution is 14.1. The third-order valence-corrected chi connectivity index (χ3v) is 3.17. The van der Waals surface area contributed by atoms with Gasteiger partial charge in [0.25, 0.3) is 0 Å². The van der Waals surface area contributed by atoms with Crippen LogP contribution in [0.2, 0.25) is 0 Å². The summed E-state index contributed by atoms with van der Waals surface area (Å²) in [6, 6.07) is -0.609. The van der Waals surface area contributed by atoms with E-state index in [1.54, 1.807) is 6.92 Å². The quantitative estimate of drug-likeness (QED) is 0.291. The zero-order chi connectivity index (χ0) is 14.7. The highest BCUT2D eigenvalue weighted by Crippen LogP contribution is 1.98. The van der Waals surface area contributed by atoms with Crippen LogP contribution in [0.4, 0.5) is 0 Å². The minimum atomic E-state index is -0.609. The van der Waals surface area contributed by atoms with E-state index in [2.05, 4.69) is 16.0 Å². The molecule has 0 heterocycles. The normalized spacial score (nSPS) is 11.5. The second-order valence-corrected chi connectivity index (χ2v) is 4.80. The van der Waals surface area contributed by atoms with Crippen molar-refractivity contribution < 1.29 is 14.4 Å². The van der Waals surface area contributed by atoms with Gasteiger partial charge in [0.1, 0.15) is 11.9 Å². The van der Waals surface area contributed by atoms with Crippen molar-refractivity contribution in [2.24, 2.45) is 0 Å². The van der Waals surface area contributed by atoms with Gasteiger partial charge >= 0.3 is 0 Å². The smallest absolute Gasteiger partial charge is 0.242 e. The summed E-state index contributed by atoms with van der Waals surface area (Å²) in [5.74, 6) is -0.836. The molecule has 6 nitrogen and oxygen atoms in total. The largest absolute Gasteiger partial charge is 0.355 e. The number of likely N-dealkylation sites (N-methyl/N-ethyl adjacent to an activating group) is 1. The Balaban J connectivity index is 4.15. The van der Waals surface area contributed by atoms with Crippen molar-refractivity contribution in [2.75, 3.05) is 23.4 Å². The van der Waals surface area contributed by atoms with Crippen molar-refractivity contribution in [1.29, 1.82) is 0 Å². The van der Waals surface area contributed by atoms with Gasteiger partial charge in [-0.2, -0.15) is 0 Å². The van der Waals surface area contributed by atoms with E-state index in [-0.39, 0.29) is 23.6 Å². The molecule has 0 saturated carbocycles. The Labute approximate surface area is 131 Å². The Morgan fingerprint density at radius 3 is 2.42 bits per heavy atom. The summed E-state index contributed by atoms with van der Waals surface area (Å²) in [4.78, 5) is 34.0. The summed E-state index contributed by atoms with van der Waals surface area (Å²) in [5.41, 5.74) is 0. The Kier molecular flexibility index (Phi) is 10.9. The van der Waals surface area contributed by atoms with Crippen LogP contribution < -0.4 is 16.0 Å². The van der Waals surface area contributed by atoms with Crippen LogP contribution in [-0.4, -0.2) is 47.2 Å². The van der Waals surface area contributed by atoms with Crippen LogP contribution in [0.15, 0.2) is 0 Å². The molecule has 0 spiro atoms. The van der Waals surface area contributed by atoms with E-state index in [1.165, 1.54) is 0 Å². The third kappa shape index (κ3) is 9.04. The molecular formula is C11H19ClIN3O3. The molecule has 0 bridgehead atoms. The van der Waals surface area contributed by atoms with Gasteiger partial charge in [-0.15, -0.1) is 11.6 Å². The van der Waals surface area contributed by atoms with E-state index in [1.807, 2.05) is 22.6 Å². The molecule has 0 aromatic heterocycles. The van der Waals surface area contributed by atoms with Crippen LogP contribution in [0.5, 0.6) is 0 Å². The van der Waals surface area contributed by atoms with E-state index in [0.717, 1.165) is 0 Å². The predicted octanol–water partition coefficient (Wildman–Crippen LogP) is 0.178. The third-order valence-electron chi connectivity index (χ3n) is 2.24. The van der Waals surface area contributed by atoms with Gasteiger partial charge < -0.3 is 16.0 Å². The first kappa shape index (κ1) is 18.4. The summed E-state index contributed by atoms with van der Waals surface area (Å²) < 4.78 is 0.403. The lowest BCUT2D eigenvalue weighted by Crippen LogP contribution is -2.47. The Morgan fingerprint density at radius 1 is 1.21 bits per heavy atom. The fourth-order valence-corrected chi connectivity index (χ4v) is 1.73. The first-order valence-electron chi connectivity index (χ1n) is 6.00. The maximum absolute atomic E-state index is 11.7. The lowest BCUT2D eigenvalue weighted by atomic mass is 10.1. The van der Waals surface area contributed by atoms with Crippen LogP contribution in [0.1, 0.15) is 19.8 Å². The van der Waals surface area contributed by atoms with Crippen LogP contribution in [0.25, 0.3) is 0 Å². The molecule has 0 aliphatic rings. The molecular weight excluding hydrogens is 384 g/mol. The second-order valence-electron chi connectivity index (χ2n) is 3.77. The summed E-state index contributed by atoms with van der Waals surface area (Å²) in [6.45, 7) is 2.78. The summed E-state index contributed by atoms with van der Waals surface area (Å²) >= 11 is 7.37. The lowest BCUT2D eigenvalue weighted by molar-refractivity contribution is -0.128. The minimum Gasteiger partial charge on any atom is -0.355 e. The standard InChI is InChI=1S/C11H19ClIN3O3/c1-2-14-11(19)8(16-9(17)6-12)4-3-5-15-10(18)7-13/h8H,2-7H2,1H3,(H,14,19)(H,15,18)(H,16,17). The molecule has 0 fully saturated rings. The van der Waals surface area contributed by atoms with Gasteiger partial charge in [0.05, 0.1) is 4.43 Å². The Bertz CT molecular complexity index is 316. The molecule has 0 aliphatic heterocycles. The predicted molar refractivity (Wildman–Crippen MR) is 82.5 cm³/mol. The Morgan fingerprint density at radius 2 is 1.89 bits per heavy atom. The molecule has 0 aromatic rings. The molecule has 3 amide bonds. The van der Waals surface area contributed by atoms with E-state index in [4.69, 9.17) is 11.6 Å². The van der Waals surface area contributed by atoms with Crippen molar-refractivity contribution in [3.05, 3.63) is 0 Å². The van der Waals surface area contributed by atoms with Crippen molar-refractivity contribution in [1.82, 2.24) is 16.0 Å². The van der Waals surface area contributed by atoms with Gasteiger partial charge in [-0.1, -0.05) is 22.6 Å². The number of carbonyl (C=O) groups excluding carboxylic acids is 3. The van der Waals surface area contributed by atoms with Crippen molar-refractivity contribution in [3.8, 4) is 0 Å². The average Bonchev–Trinajstić information content (AvgIpc) is 2.41. The number of hydrogen-bond acceptors (Lipinski definition) is 3. The molecule has 3 N–H and O–H groups in total. The van der Waals surface area contributed by atoms with E-state index >= 15 is 0 Å². The summed E-state index contributed by atoms with van der Waals surface area (Å²) in [7, 11) is 0. The molecule has 0 aliphatic carbocycles. The van der Waals surface area contributed by atoms with Gasteiger partial charge in [0.2, 0.25) is 17.7 Å². The molecule has 1 atom stereocenters. The first-order valence-corrected chi connectivity index (χ1v) is 8.06.